The van der Waals surface area contributed by atoms with Gasteiger partial charge >= 0.3 is 0 Å². The molecular weight excluding hydrogens is 266 g/mol. The largest absolute Gasteiger partial charge is 0.493 e. The fourth-order valence-electron chi connectivity index (χ4n) is 3.33. The Kier molecular flexibility index (Phi) is 5.74. The summed E-state index contributed by atoms with van der Waals surface area (Å²) in [4.78, 5) is 0. The van der Waals surface area contributed by atoms with E-state index in [-0.39, 0.29) is 6.04 Å². The Labute approximate surface area is 127 Å². The molecule has 1 aromatic carbocycles. The third-order valence-electron chi connectivity index (χ3n) is 4.45. The van der Waals surface area contributed by atoms with Crippen LogP contribution in [0.5, 0.6) is 17.2 Å². The number of hydrogen-bond donors (Lipinski definition) is 1. The fraction of sp³-hybridized carbons (Fsp3) is 0.647. The van der Waals surface area contributed by atoms with E-state index in [1.165, 1.54) is 32.1 Å². The van der Waals surface area contributed by atoms with Gasteiger partial charge in [0.15, 0.2) is 11.5 Å². The first kappa shape index (κ1) is 16.0. The molecule has 0 spiro atoms. The highest BCUT2D eigenvalue weighted by atomic mass is 16.5. The summed E-state index contributed by atoms with van der Waals surface area (Å²) in [5.74, 6) is 2.71. The van der Waals surface area contributed by atoms with E-state index in [9.17, 15) is 0 Å². The minimum Gasteiger partial charge on any atom is -0.493 e. The first-order valence-electron chi connectivity index (χ1n) is 7.75. The van der Waals surface area contributed by atoms with Crippen LogP contribution < -0.4 is 19.9 Å². The van der Waals surface area contributed by atoms with E-state index in [0.717, 1.165) is 17.9 Å². The smallest absolute Gasteiger partial charge is 0.203 e. The first-order valence-corrected chi connectivity index (χ1v) is 7.75. The molecule has 0 amide bonds. The van der Waals surface area contributed by atoms with Crippen LogP contribution in [0.4, 0.5) is 0 Å². The lowest BCUT2D eigenvalue weighted by Crippen LogP contribution is -2.18. The van der Waals surface area contributed by atoms with Crippen molar-refractivity contribution in [3.8, 4) is 17.2 Å². The minimum absolute atomic E-state index is 0.0251. The molecule has 0 bridgehead atoms. The zero-order valence-electron chi connectivity index (χ0n) is 13.4. The lowest BCUT2D eigenvalue weighted by Gasteiger charge is -2.26. The van der Waals surface area contributed by atoms with Crippen LogP contribution in [0.3, 0.4) is 0 Å². The zero-order valence-corrected chi connectivity index (χ0v) is 13.4. The third-order valence-corrected chi connectivity index (χ3v) is 4.45. The standard InChI is InChI=1S/C17H27NO3/c1-19-15-10-9-13(16(20-2)17(15)21-3)14(18)11-12-7-5-4-6-8-12/h9-10,12,14H,4-8,11,18H2,1-3H3. The molecule has 1 fully saturated rings. The topological polar surface area (TPSA) is 53.7 Å². The second-order valence-electron chi connectivity index (χ2n) is 5.77. The highest BCUT2D eigenvalue weighted by Crippen LogP contribution is 2.43. The van der Waals surface area contributed by atoms with E-state index in [2.05, 4.69) is 0 Å². The summed E-state index contributed by atoms with van der Waals surface area (Å²) in [5.41, 5.74) is 7.44. The van der Waals surface area contributed by atoms with Crippen molar-refractivity contribution >= 4 is 0 Å². The molecule has 1 atom stereocenters. The highest BCUT2D eigenvalue weighted by Gasteiger charge is 2.23. The summed E-state index contributed by atoms with van der Waals surface area (Å²) in [5, 5.41) is 0. The van der Waals surface area contributed by atoms with Crippen molar-refractivity contribution in [3.63, 3.8) is 0 Å². The summed E-state index contributed by atoms with van der Waals surface area (Å²) in [6, 6.07) is 3.87. The molecule has 1 unspecified atom stereocenters. The number of methoxy groups -OCH3 is 3. The summed E-state index contributed by atoms with van der Waals surface area (Å²) in [7, 11) is 4.89. The molecule has 1 aromatic rings. The molecule has 1 aliphatic rings. The van der Waals surface area contributed by atoms with Crippen molar-refractivity contribution in [1.82, 2.24) is 0 Å². The van der Waals surface area contributed by atoms with E-state index in [1.54, 1.807) is 21.3 Å². The minimum atomic E-state index is -0.0251. The van der Waals surface area contributed by atoms with Crippen LogP contribution >= 0.6 is 0 Å². The maximum absolute atomic E-state index is 6.44. The van der Waals surface area contributed by atoms with Crippen molar-refractivity contribution in [2.45, 2.75) is 44.6 Å². The Hall–Kier alpha value is -1.42. The second-order valence-corrected chi connectivity index (χ2v) is 5.77. The van der Waals surface area contributed by atoms with E-state index in [1.807, 2.05) is 12.1 Å². The van der Waals surface area contributed by atoms with Crippen molar-refractivity contribution in [3.05, 3.63) is 17.7 Å². The van der Waals surface area contributed by atoms with E-state index < -0.39 is 0 Å². The number of ether oxygens (including phenoxy) is 3. The molecule has 4 heteroatoms. The Morgan fingerprint density at radius 3 is 2.24 bits per heavy atom. The van der Waals surface area contributed by atoms with E-state index >= 15 is 0 Å². The Morgan fingerprint density at radius 2 is 1.67 bits per heavy atom. The quantitative estimate of drug-likeness (QED) is 0.869. The van der Waals surface area contributed by atoms with Gasteiger partial charge < -0.3 is 19.9 Å². The highest BCUT2D eigenvalue weighted by molar-refractivity contribution is 5.56. The Bertz CT molecular complexity index is 456. The zero-order chi connectivity index (χ0) is 15.2. The van der Waals surface area contributed by atoms with Crippen LogP contribution in [0.25, 0.3) is 0 Å². The van der Waals surface area contributed by atoms with Crippen LogP contribution in [0, 0.1) is 5.92 Å². The van der Waals surface area contributed by atoms with Crippen LogP contribution in [0.15, 0.2) is 12.1 Å². The second kappa shape index (κ2) is 7.55. The van der Waals surface area contributed by atoms with Gasteiger partial charge in [-0.05, 0) is 24.5 Å². The molecular formula is C17H27NO3. The van der Waals surface area contributed by atoms with Crippen molar-refractivity contribution in [1.29, 1.82) is 0 Å². The Morgan fingerprint density at radius 1 is 1.00 bits per heavy atom. The summed E-state index contributed by atoms with van der Waals surface area (Å²) >= 11 is 0. The van der Waals surface area contributed by atoms with Gasteiger partial charge in [-0.2, -0.15) is 0 Å². The Balaban J connectivity index is 2.21. The van der Waals surface area contributed by atoms with Crippen molar-refractivity contribution in [2.75, 3.05) is 21.3 Å². The van der Waals surface area contributed by atoms with Gasteiger partial charge in [0.05, 0.1) is 21.3 Å². The van der Waals surface area contributed by atoms with Gasteiger partial charge in [0.2, 0.25) is 5.75 Å². The van der Waals surface area contributed by atoms with Gasteiger partial charge in [0.1, 0.15) is 0 Å². The molecule has 2 rings (SSSR count). The number of nitrogens with two attached hydrogens (primary N) is 1. The molecule has 0 heterocycles. The molecule has 0 aliphatic heterocycles. The number of benzene rings is 1. The van der Waals surface area contributed by atoms with Crippen molar-refractivity contribution < 1.29 is 14.2 Å². The van der Waals surface area contributed by atoms with E-state index in [4.69, 9.17) is 19.9 Å². The molecule has 1 saturated carbocycles. The van der Waals surface area contributed by atoms with Crippen molar-refractivity contribution in [2.24, 2.45) is 11.7 Å². The maximum atomic E-state index is 6.44. The van der Waals surface area contributed by atoms with Gasteiger partial charge in [-0.15, -0.1) is 0 Å². The normalized spacial score (nSPS) is 17.3. The summed E-state index contributed by atoms with van der Waals surface area (Å²) in [6.07, 6.45) is 7.63. The van der Waals surface area contributed by atoms with Crippen LogP contribution in [0.1, 0.15) is 50.1 Å². The molecule has 4 nitrogen and oxygen atoms in total. The maximum Gasteiger partial charge on any atom is 0.203 e. The molecule has 118 valence electrons. The van der Waals surface area contributed by atoms with Gasteiger partial charge in [-0.1, -0.05) is 32.1 Å². The van der Waals surface area contributed by atoms with Crippen LogP contribution in [0.2, 0.25) is 0 Å². The monoisotopic (exact) mass is 293 g/mol. The van der Waals surface area contributed by atoms with Gasteiger partial charge in [-0.3, -0.25) is 0 Å². The predicted molar refractivity (Wildman–Crippen MR) is 84.2 cm³/mol. The number of rotatable bonds is 6. The predicted octanol–water partition coefficient (Wildman–Crippen LogP) is 3.68. The fourth-order valence-corrected chi connectivity index (χ4v) is 3.33. The lowest BCUT2D eigenvalue weighted by atomic mass is 9.83. The van der Waals surface area contributed by atoms with Gasteiger partial charge in [0.25, 0.3) is 0 Å². The molecule has 21 heavy (non-hydrogen) atoms. The average molecular weight is 293 g/mol. The molecule has 0 radical (unpaired) electrons. The SMILES string of the molecule is COc1ccc(C(N)CC2CCCCC2)c(OC)c1OC. The first-order chi connectivity index (χ1) is 10.2. The summed E-state index contributed by atoms with van der Waals surface area (Å²) in [6.45, 7) is 0. The van der Waals surface area contributed by atoms with Gasteiger partial charge in [0, 0.05) is 11.6 Å². The van der Waals surface area contributed by atoms with Gasteiger partial charge in [-0.25, -0.2) is 0 Å². The molecule has 0 aromatic heterocycles. The molecule has 2 N–H and O–H groups in total. The summed E-state index contributed by atoms with van der Waals surface area (Å²) < 4.78 is 16.3. The molecule has 1 aliphatic carbocycles. The molecule has 0 saturated heterocycles. The van der Waals surface area contributed by atoms with E-state index in [0.29, 0.717) is 17.2 Å². The average Bonchev–Trinajstić information content (AvgIpc) is 2.53. The van der Waals surface area contributed by atoms with Crippen LogP contribution in [-0.4, -0.2) is 21.3 Å². The number of hydrogen-bond acceptors (Lipinski definition) is 4. The lowest BCUT2D eigenvalue weighted by molar-refractivity contribution is 0.305. The third kappa shape index (κ3) is 3.62. The van der Waals surface area contributed by atoms with Crippen LogP contribution in [-0.2, 0) is 0 Å².